The van der Waals surface area contributed by atoms with E-state index >= 15 is 0 Å². The average Bonchev–Trinajstić information content (AvgIpc) is 2.79. The van der Waals surface area contributed by atoms with Crippen molar-refractivity contribution in [2.24, 2.45) is 0 Å². The molecule has 0 radical (unpaired) electrons. The van der Waals surface area contributed by atoms with Crippen molar-refractivity contribution in [1.29, 1.82) is 0 Å². The summed E-state index contributed by atoms with van der Waals surface area (Å²) in [6, 6.07) is 0. The van der Waals surface area contributed by atoms with Gasteiger partial charge in [0.2, 0.25) is 5.91 Å². The minimum absolute atomic E-state index is 0.135. The molecule has 128 valence electrons. The number of esters is 1. The fourth-order valence-electron chi connectivity index (χ4n) is 2.24. The summed E-state index contributed by atoms with van der Waals surface area (Å²) in [5.41, 5.74) is 1.43. The van der Waals surface area contributed by atoms with E-state index in [1.165, 1.54) is 7.11 Å². The first-order valence-corrected chi connectivity index (χ1v) is 7.49. The molecular weight excluding hydrogens is 298 g/mol. The monoisotopic (exact) mass is 323 g/mol. The molecule has 3 N–H and O–H groups in total. The van der Waals surface area contributed by atoms with E-state index in [9.17, 15) is 14.4 Å². The van der Waals surface area contributed by atoms with Gasteiger partial charge in [-0.3, -0.25) is 9.59 Å². The lowest BCUT2D eigenvalue weighted by atomic mass is 10.1. The molecule has 0 aliphatic heterocycles. The fourth-order valence-corrected chi connectivity index (χ4v) is 2.24. The van der Waals surface area contributed by atoms with Crippen LogP contribution in [0, 0.1) is 6.92 Å². The number of hydrogen-bond acceptors (Lipinski definition) is 4. The van der Waals surface area contributed by atoms with Gasteiger partial charge in [-0.2, -0.15) is 0 Å². The first-order valence-electron chi connectivity index (χ1n) is 7.49. The molecule has 0 spiro atoms. The third kappa shape index (κ3) is 4.84. The summed E-state index contributed by atoms with van der Waals surface area (Å²) >= 11 is 0. The summed E-state index contributed by atoms with van der Waals surface area (Å²) in [6.45, 7) is 8.99. The van der Waals surface area contributed by atoms with Crippen LogP contribution in [0.3, 0.4) is 0 Å². The number of aromatic amines is 1. The zero-order valence-electron chi connectivity index (χ0n) is 14.5. The Morgan fingerprint density at radius 3 is 2.30 bits per heavy atom. The zero-order valence-corrected chi connectivity index (χ0v) is 14.5. The van der Waals surface area contributed by atoms with Crippen LogP contribution in [0.1, 0.15) is 59.8 Å². The second kappa shape index (κ2) is 7.30. The molecule has 0 aliphatic carbocycles. The quantitative estimate of drug-likeness (QED) is 0.711. The molecule has 0 aromatic carbocycles. The van der Waals surface area contributed by atoms with Gasteiger partial charge in [-0.15, -0.1) is 0 Å². The highest BCUT2D eigenvalue weighted by Crippen LogP contribution is 2.20. The van der Waals surface area contributed by atoms with Crippen molar-refractivity contribution in [3.8, 4) is 0 Å². The predicted octanol–water partition coefficient (Wildman–Crippen LogP) is 1.32. The van der Waals surface area contributed by atoms with Gasteiger partial charge in [0.15, 0.2) is 0 Å². The second-order valence-electron chi connectivity index (χ2n) is 6.30. The average molecular weight is 323 g/mol. The maximum atomic E-state index is 12.3. The van der Waals surface area contributed by atoms with Gasteiger partial charge in [-0.1, -0.05) is 6.92 Å². The van der Waals surface area contributed by atoms with Gasteiger partial charge in [0.05, 0.1) is 19.2 Å². The van der Waals surface area contributed by atoms with Crippen LogP contribution in [-0.4, -0.2) is 42.0 Å². The van der Waals surface area contributed by atoms with Gasteiger partial charge < -0.3 is 20.4 Å². The lowest BCUT2D eigenvalue weighted by molar-refractivity contribution is -0.121. The molecule has 1 rings (SSSR count). The Labute approximate surface area is 136 Å². The van der Waals surface area contributed by atoms with Gasteiger partial charge in [0, 0.05) is 11.2 Å². The van der Waals surface area contributed by atoms with E-state index in [-0.39, 0.29) is 23.7 Å². The molecule has 0 bridgehead atoms. The second-order valence-corrected chi connectivity index (χ2v) is 6.30. The topological polar surface area (TPSA) is 100 Å². The zero-order chi connectivity index (χ0) is 17.8. The van der Waals surface area contributed by atoms with Crippen LogP contribution in [0.5, 0.6) is 0 Å². The molecule has 1 aromatic rings. The van der Waals surface area contributed by atoms with Crippen molar-refractivity contribution in [3.05, 3.63) is 22.5 Å². The number of carbonyl (C=O) groups is 3. The highest BCUT2D eigenvalue weighted by atomic mass is 16.5. The molecule has 1 aromatic heterocycles. The van der Waals surface area contributed by atoms with Gasteiger partial charge in [-0.05, 0) is 39.7 Å². The maximum absolute atomic E-state index is 12.3. The van der Waals surface area contributed by atoms with E-state index in [1.807, 2.05) is 27.7 Å². The van der Waals surface area contributed by atoms with Crippen molar-refractivity contribution in [2.75, 3.05) is 13.7 Å². The minimum Gasteiger partial charge on any atom is -0.465 e. The summed E-state index contributed by atoms with van der Waals surface area (Å²) in [5.74, 6) is -1.20. The maximum Gasteiger partial charge on any atom is 0.339 e. The van der Waals surface area contributed by atoms with Crippen LogP contribution in [0.25, 0.3) is 0 Å². The standard InChI is InChI=1S/C16H25N3O4/c1-7-10-12(15(22)23-6)9(2)13(18-10)14(21)17-8-11(20)19-16(3,4)5/h18H,7-8H2,1-6H3,(H,17,21)(H,19,20). The molecule has 1 heterocycles. The lowest BCUT2D eigenvalue weighted by Crippen LogP contribution is -2.45. The van der Waals surface area contributed by atoms with E-state index in [0.717, 1.165) is 0 Å². The van der Waals surface area contributed by atoms with Gasteiger partial charge >= 0.3 is 5.97 Å². The molecule has 0 atom stereocenters. The van der Waals surface area contributed by atoms with Gasteiger partial charge in [-0.25, -0.2) is 4.79 Å². The summed E-state index contributed by atoms with van der Waals surface area (Å²) in [5, 5.41) is 5.31. The van der Waals surface area contributed by atoms with E-state index in [4.69, 9.17) is 4.74 Å². The molecule has 0 unspecified atom stereocenters. The first-order chi connectivity index (χ1) is 10.6. The smallest absolute Gasteiger partial charge is 0.339 e. The molecule has 0 saturated heterocycles. The molecule has 0 aliphatic rings. The van der Waals surface area contributed by atoms with Crippen LogP contribution in [0.2, 0.25) is 0 Å². The summed E-state index contributed by atoms with van der Waals surface area (Å²) in [4.78, 5) is 38.8. The van der Waals surface area contributed by atoms with Crippen LogP contribution >= 0.6 is 0 Å². The van der Waals surface area contributed by atoms with Crippen molar-refractivity contribution < 1.29 is 19.1 Å². The van der Waals surface area contributed by atoms with E-state index in [2.05, 4.69) is 15.6 Å². The summed E-state index contributed by atoms with van der Waals surface area (Å²) < 4.78 is 4.75. The van der Waals surface area contributed by atoms with Crippen LogP contribution in [0.15, 0.2) is 0 Å². The Hall–Kier alpha value is -2.31. The highest BCUT2D eigenvalue weighted by molar-refractivity contribution is 6.01. The van der Waals surface area contributed by atoms with Crippen molar-refractivity contribution in [2.45, 2.75) is 46.6 Å². The summed E-state index contributed by atoms with van der Waals surface area (Å²) in [7, 11) is 1.30. The molecular formula is C16H25N3O4. The van der Waals surface area contributed by atoms with Crippen molar-refractivity contribution in [3.63, 3.8) is 0 Å². The number of aryl methyl sites for hydroxylation is 1. The Kier molecular flexibility index (Phi) is 5.95. The van der Waals surface area contributed by atoms with Crippen molar-refractivity contribution in [1.82, 2.24) is 15.6 Å². The largest absolute Gasteiger partial charge is 0.465 e. The van der Waals surface area contributed by atoms with Gasteiger partial charge in [0.25, 0.3) is 5.91 Å². The third-order valence-electron chi connectivity index (χ3n) is 3.22. The fraction of sp³-hybridized carbons (Fsp3) is 0.562. The molecule has 7 heteroatoms. The number of methoxy groups -OCH3 is 1. The minimum atomic E-state index is -0.486. The molecule has 0 fully saturated rings. The molecule has 23 heavy (non-hydrogen) atoms. The highest BCUT2D eigenvalue weighted by Gasteiger charge is 2.24. The number of amides is 2. The number of nitrogens with one attached hydrogen (secondary N) is 3. The van der Waals surface area contributed by atoms with E-state index < -0.39 is 11.9 Å². The Bertz CT molecular complexity index is 612. The number of H-pyrrole nitrogens is 1. The third-order valence-corrected chi connectivity index (χ3v) is 3.22. The number of rotatable bonds is 5. The van der Waals surface area contributed by atoms with Crippen LogP contribution in [0.4, 0.5) is 0 Å². The Morgan fingerprint density at radius 2 is 1.83 bits per heavy atom. The molecule has 7 nitrogen and oxygen atoms in total. The lowest BCUT2D eigenvalue weighted by Gasteiger charge is -2.20. The summed E-state index contributed by atoms with van der Waals surface area (Å²) in [6.07, 6.45) is 0.559. The van der Waals surface area contributed by atoms with E-state index in [1.54, 1.807) is 6.92 Å². The number of aromatic nitrogens is 1. The number of carbonyl (C=O) groups excluding carboxylic acids is 3. The Balaban J connectivity index is 2.87. The Morgan fingerprint density at radius 1 is 1.22 bits per heavy atom. The van der Waals surface area contributed by atoms with Crippen molar-refractivity contribution >= 4 is 17.8 Å². The predicted molar refractivity (Wildman–Crippen MR) is 86.5 cm³/mol. The molecule has 0 saturated carbocycles. The number of hydrogen-bond donors (Lipinski definition) is 3. The number of ether oxygens (including phenoxy) is 1. The van der Waals surface area contributed by atoms with Crippen LogP contribution < -0.4 is 10.6 Å². The normalized spacial score (nSPS) is 11.0. The molecule has 2 amide bonds. The SMILES string of the molecule is CCc1[nH]c(C(=O)NCC(=O)NC(C)(C)C)c(C)c1C(=O)OC. The first kappa shape index (κ1) is 18.7. The van der Waals surface area contributed by atoms with Gasteiger partial charge in [0.1, 0.15) is 5.69 Å². The van der Waals surface area contributed by atoms with E-state index in [0.29, 0.717) is 23.2 Å². The van der Waals surface area contributed by atoms with Crippen LogP contribution in [-0.2, 0) is 16.0 Å².